The normalized spacial score (nSPS) is 15.5. The highest BCUT2D eigenvalue weighted by Gasteiger charge is 2.20. The standard InChI is InChI=1S/C8H17NO4/c1-5(6(2)12)8(13)9-7(3-10)4-11/h5-7,10-12H,3-4H2,1-2H3,(H,9,13). The first kappa shape index (κ1) is 12.3. The molecule has 0 aromatic carbocycles. The summed E-state index contributed by atoms with van der Waals surface area (Å²) in [7, 11) is 0. The molecule has 0 fully saturated rings. The van der Waals surface area contributed by atoms with Crippen molar-refractivity contribution in [3.63, 3.8) is 0 Å². The number of hydrogen-bond donors (Lipinski definition) is 4. The summed E-state index contributed by atoms with van der Waals surface area (Å²) in [6.45, 7) is 2.46. The summed E-state index contributed by atoms with van der Waals surface area (Å²) in [6, 6.07) is -0.645. The van der Waals surface area contributed by atoms with Crippen LogP contribution in [0.1, 0.15) is 13.8 Å². The first-order chi connectivity index (χ1) is 6.02. The zero-order valence-corrected chi connectivity index (χ0v) is 7.90. The van der Waals surface area contributed by atoms with Crippen LogP contribution in [0.5, 0.6) is 0 Å². The molecule has 0 aromatic heterocycles. The van der Waals surface area contributed by atoms with Crippen LogP contribution in [0, 0.1) is 5.92 Å². The van der Waals surface area contributed by atoms with Gasteiger partial charge in [-0.05, 0) is 6.92 Å². The smallest absolute Gasteiger partial charge is 0.225 e. The van der Waals surface area contributed by atoms with E-state index in [9.17, 15) is 4.79 Å². The number of carbonyl (C=O) groups is 1. The van der Waals surface area contributed by atoms with Crippen molar-refractivity contribution in [1.29, 1.82) is 0 Å². The van der Waals surface area contributed by atoms with Gasteiger partial charge in [0.15, 0.2) is 0 Å². The summed E-state index contributed by atoms with van der Waals surface area (Å²) in [5, 5.41) is 28.8. The minimum Gasteiger partial charge on any atom is -0.394 e. The second kappa shape index (κ2) is 5.90. The van der Waals surface area contributed by atoms with Crippen LogP contribution in [0.3, 0.4) is 0 Å². The third-order valence-corrected chi connectivity index (χ3v) is 1.92. The highest BCUT2D eigenvalue weighted by molar-refractivity contribution is 5.79. The number of nitrogens with one attached hydrogen (secondary N) is 1. The maximum atomic E-state index is 11.2. The van der Waals surface area contributed by atoms with Gasteiger partial charge in [0.05, 0.1) is 31.3 Å². The molecule has 0 aliphatic carbocycles. The van der Waals surface area contributed by atoms with Crippen molar-refractivity contribution < 1.29 is 20.1 Å². The average Bonchev–Trinajstić information content (AvgIpc) is 2.12. The summed E-state index contributed by atoms with van der Waals surface area (Å²) in [6.07, 6.45) is -0.738. The average molecular weight is 191 g/mol. The lowest BCUT2D eigenvalue weighted by molar-refractivity contribution is -0.128. The van der Waals surface area contributed by atoms with Crippen LogP contribution < -0.4 is 5.32 Å². The first-order valence-electron chi connectivity index (χ1n) is 4.23. The molecule has 13 heavy (non-hydrogen) atoms. The predicted octanol–water partition coefficient (Wildman–Crippen LogP) is -1.53. The molecule has 0 heterocycles. The fourth-order valence-electron chi connectivity index (χ4n) is 0.701. The Balaban J connectivity index is 3.98. The molecule has 4 N–H and O–H groups in total. The van der Waals surface area contributed by atoms with Gasteiger partial charge in [-0.15, -0.1) is 0 Å². The van der Waals surface area contributed by atoms with Gasteiger partial charge in [0.1, 0.15) is 0 Å². The van der Waals surface area contributed by atoms with Gasteiger partial charge in [-0.3, -0.25) is 4.79 Å². The molecule has 0 aliphatic heterocycles. The lowest BCUT2D eigenvalue weighted by Gasteiger charge is -2.18. The fourth-order valence-corrected chi connectivity index (χ4v) is 0.701. The van der Waals surface area contributed by atoms with Crippen molar-refractivity contribution >= 4 is 5.91 Å². The quantitative estimate of drug-likeness (QED) is 0.424. The third kappa shape index (κ3) is 4.21. The van der Waals surface area contributed by atoms with E-state index in [2.05, 4.69) is 5.32 Å². The van der Waals surface area contributed by atoms with Crippen LogP contribution in [0.25, 0.3) is 0 Å². The van der Waals surface area contributed by atoms with E-state index in [-0.39, 0.29) is 19.1 Å². The molecule has 0 aromatic rings. The van der Waals surface area contributed by atoms with Crippen LogP contribution >= 0.6 is 0 Å². The SMILES string of the molecule is CC(O)C(C)C(=O)NC(CO)CO. The van der Waals surface area contributed by atoms with Gasteiger partial charge in [0.25, 0.3) is 0 Å². The monoisotopic (exact) mass is 191 g/mol. The molecule has 5 nitrogen and oxygen atoms in total. The molecular weight excluding hydrogens is 174 g/mol. The molecule has 0 saturated carbocycles. The number of carbonyl (C=O) groups excluding carboxylic acids is 1. The topological polar surface area (TPSA) is 89.8 Å². The molecule has 0 bridgehead atoms. The van der Waals surface area contributed by atoms with Crippen molar-refractivity contribution in [2.24, 2.45) is 5.92 Å². The molecule has 0 radical (unpaired) electrons. The van der Waals surface area contributed by atoms with Crippen LogP contribution in [-0.2, 0) is 4.79 Å². The molecule has 2 unspecified atom stereocenters. The summed E-state index contributed by atoms with van der Waals surface area (Å²) in [5.74, 6) is -0.913. The molecule has 5 heteroatoms. The van der Waals surface area contributed by atoms with E-state index in [0.29, 0.717) is 0 Å². The zero-order chi connectivity index (χ0) is 10.4. The second-order valence-electron chi connectivity index (χ2n) is 3.10. The molecular formula is C8H17NO4. The van der Waals surface area contributed by atoms with Gasteiger partial charge in [0.2, 0.25) is 5.91 Å². The maximum Gasteiger partial charge on any atom is 0.225 e. The molecule has 1 amide bonds. The van der Waals surface area contributed by atoms with E-state index >= 15 is 0 Å². The van der Waals surface area contributed by atoms with Crippen LogP contribution in [0.15, 0.2) is 0 Å². The van der Waals surface area contributed by atoms with Crippen molar-refractivity contribution in [3.05, 3.63) is 0 Å². The van der Waals surface area contributed by atoms with Gasteiger partial charge in [-0.1, -0.05) is 6.92 Å². The van der Waals surface area contributed by atoms with E-state index in [0.717, 1.165) is 0 Å². The van der Waals surface area contributed by atoms with Crippen LogP contribution in [-0.4, -0.2) is 46.6 Å². The highest BCUT2D eigenvalue weighted by atomic mass is 16.3. The molecule has 0 rings (SSSR count). The van der Waals surface area contributed by atoms with Crippen molar-refractivity contribution in [3.8, 4) is 0 Å². The molecule has 0 saturated heterocycles. The van der Waals surface area contributed by atoms with Crippen molar-refractivity contribution in [1.82, 2.24) is 5.32 Å². The Labute approximate surface area is 77.4 Å². The van der Waals surface area contributed by atoms with E-state index in [1.165, 1.54) is 6.92 Å². The zero-order valence-electron chi connectivity index (χ0n) is 7.90. The summed E-state index contributed by atoms with van der Waals surface area (Å²) >= 11 is 0. The van der Waals surface area contributed by atoms with Gasteiger partial charge in [-0.25, -0.2) is 0 Å². The maximum absolute atomic E-state index is 11.2. The molecule has 0 spiro atoms. The Morgan fingerprint density at radius 3 is 2.08 bits per heavy atom. The summed E-state index contributed by atoms with van der Waals surface area (Å²) in [4.78, 5) is 11.2. The van der Waals surface area contributed by atoms with E-state index < -0.39 is 18.1 Å². The molecule has 2 atom stereocenters. The second-order valence-corrected chi connectivity index (χ2v) is 3.10. The van der Waals surface area contributed by atoms with E-state index in [4.69, 9.17) is 15.3 Å². The number of hydrogen-bond acceptors (Lipinski definition) is 4. The Morgan fingerprint density at radius 1 is 1.31 bits per heavy atom. The predicted molar refractivity (Wildman–Crippen MR) is 46.9 cm³/mol. The minimum absolute atomic E-state index is 0.311. The Morgan fingerprint density at radius 2 is 1.77 bits per heavy atom. The van der Waals surface area contributed by atoms with Crippen molar-refractivity contribution in [2.75, 3.05) is 13.2 Å². The lowest BCUT2D eigenvalue weighted by Crippen LogP contribution is -2.44. The molecule has 78 valence electrons. The Kier molecular flexibility index (Phi) is 5.61. The van der Waals surface area contributed by atoms with Crippen LogP contribution in [0.4, 0.5) is 0 Å². The van der Waals surface area contributed by atoms with Crippen LogP contribution in [0.2, 0.25) is 0 Å². The Hall–Kier alpha value is -0.650. The summed E-state index contributed by atoms with van der Waals surface area (Å²) < 4.78 is 0. The highest BCUT2D eigenvalue weighted by Crippen LogP contribution is 2.01. The third-order valence-electron chi connectivity index (χ3n) is 1.92. The Bertz CT molecular complexity index is 156. The van der Waals surface area contributed by atoms with Crippen molar-refractivity contribution in [2.45, 2.75) is 26.0 Å². The van der Waals surface area contributed by atoms with Gasteiger partial charge in [-0.2, -0.15) is 0 Å². The molecule has 0 aliphatic rings. The van der Waals surface area contributed by atoms with E-state index in [1.54, 1.807) is 6.92 Å². The minimum atomic E-state index is -0.738. The summed E-state index contributed by atoms with van der Waals surface area (Å²) in [5.41, 5.74) is 0. The number of aliphatic hydroxyl groups is 3. The first-order valence-corrected chi connectivity index (χ1v) is 4.23. The van der Waals surface area contributed by atoms with Gasteiger partial charge in [0, 0.05) is 0 Å². The number of amides is 1. The van der Waals surface area contributed by atoms with Gasteiger partial charge < -0.3 is 20.6 Å². The van der Waals surface area contributed by atoms with Gasteiger partial charge >= 0.3 is 0 Å². The number of aliphatic hydroxyl groups excluding tert-OH is 3. The number of rotatable bonds is 5. The lowest BCUT2D eigenvalue weighted by atomic mass is 10.1. The largest absolute Gasteiger partial charge is 0.394 e. The van der Waals surface area contributed by atoms with E-state index in [1.807, 2.05) is 0 Å². The fraction of sp³-hybridized carbons (Fsp3) is 0.875.